The highest BCUT2D eigenvalue weighted by atomic mass is 32.3. The molecule has 7 N–H and O–H groups in total. The number of hydrogen-bond acceptors (Lipinski definition) is 11. The molecule has 0 radical (unpaired) electrons. The van der Waals surface area contributed by atoms with Crippen LogP contribution in [0.4, 0.5) is 0 Å². The fraction of sp³-hybridized carbons (Fsp3) is 0.750. The van der Waals surface area contributed by atoms with Crippen LogP contribution in [-0.2, 0) is 28.9 Å². The highest BCUT2D eigenvalue weighted by Gasteiger charge is 2.48. The highest BCUT2D eigenvalue weighted by Crippen LogP contribution is 2.26. The second-order valence-corrected chi connectivity index (χ2v) is 13.6. The Hall–Kier alpha value is -1.98. The van der Waals surface area contributed by atoms with E-state index in [2.05, 4.69) is 40.7 Å². The van der Waals surface area contributed by atoms with Gasteiger partial charge in [-0.05, 0) is 64.7 Å². The van der Waals surface area contributed by atoms with Gasteiger partial charge >= 0.3 is 10.4 Å². The molecule has 0 aromatic rings. The van der Waals surface area contributed by atoms with Gasteiger partial charge in [0.05, 0.1) is 25.4 Å². The van der Waals surface area contributed by atoms with Gasteiger partial charge in [0.1, 0.15) is 30.5 Å². The molecule has 0 aliphatic carbocycles. The average molecular weight is 734 g/mol. The van der Waals surface area contributed by atoms with Crippen LogP contribution in [-0.4, -0.2) is 107 Å². The van der Waals surface area contributed by atoms with Crippen LogP contribution in [0, 0.1) is 0 Å². The number of amides is 1. The Bertz CT molecular complexity index is 1110. The number of hydrogen-bond donors (Lipinski definition) is 7. The van der Waals surface area contributed by atoms with Crippen LogP contribution in [0.3, 0.4) is 0 Å². The highest BCUT2D eigenvalue weighted by molar-refractivity contribution is 7.80. The van der Waals surface area contributed by atoms with Gasteiger partial charge < -0.3 is 40.3 Å². The van der Waals surface area contributed by atoms with E-state index in [4.69, 9.17) is 14.0 Å². The number of aliphatic hydroxyl groups is 5. The van der Waals surface area contributed by atoms with E-state index < -0.39 is 78.5 Å². The van der Waals surface area contributed by atoms with E-state index >= 15 is 0 Å². The fourth-order valence-electron chi connectivity index (χ4n) is 5.31. The maximum absolute atomic E-state index is 12.9. The van der Waals surface area contributed by atoms with Gasteiger partial charge in [-0.25, -0.2) is 4.18 Å². The van der Waals surface area contributed by atoms with Crippen LogP contribution >= 0.6 is 0 Å². The Morgan fingerprint density at radius 3 is 2.04 bits per heavy atom. The molecule has 0 saturated carbocycles. The molecule has 1 aliphatic rings. The third-order valence-corrected chi connectivity index (χ3v) is 8.73. The Labute approximate surface area is 299 Å². The first kappa shape index (κ1) is 46.0. The third-order valence-electron chi connectivity index (χ3n) is 8.26. The lowest BCUT2D eigenvalue weighted by atomic mass is 9.99. The number of unbranched alkanes of at least 4 members (excludes halogenated alkanes) is 10. The molecule has 8 unspecified atom stereocenters. The van der Waals surface area contributed by atoms with Crippen molar-refractivity contribution >= 4 is 16.3 Å². The molecule has 1 heterocycles. The van der Waals surface area contributed by atoms with Gasteiger partial charge in [0, 0.05) is 0 Å². The van der Waals surface area contributed by atoms with E-state index in [1.807, 2.05) is 19.1 Å². The van der Waals surface area contributed by atoms with Crippen LogP contribution in [0.2, 0.25) is 0 Å². The van der Waals surface area contributed by atoms with E-state index in [1.54, 1.807) is 6.08 Å². The van der Waals surface area contributed by atoms with Crippen molar-refractivity contribution < 1.29 is 57.0 Å². The summed E-state index contributed by atoms with van der Waals surface area (Å²) in [6.45, 7) is 2.87. The molecule has 1 amide bonds. The molecule has 0 spiro atoms. The zero-order chi connectivity index (χ0) is 37.2. The number of allylic oxidation sites excluding steroid dienone is 7. The summed E-state index contributed by atoms with van der Waals surface area (Å²) in [5, 5.41) is 54.6. The molecule has 0 bridgehead atoms. The van der Waals surface area contributed by atoms with Crippen molar-refractivity contribution in [3.63, 3.8) is 0 Å². The molecule has 1 rings (SSSR count). The molecule has 50 heavy (non-hydrogen) atoms. The Morgan fingerprint density at radius 1 is 0.840 bits per heavy atom. The zero-order valence-corrected chi connectivity index (χ0v) is 30.6. The number of nitrogens with one attached hydrogen (secondary N) is 1. The van der Waals surface area contributed by atoms with Crippen LogP contribution in [0.15, 0.2) is 48.6 Å². The molecule has 0 aromatic heterocycles. The molecule has 0 aromatic carbocycles. The SMILES string of the molecule is C/C=C/CC/C=C/CC/C=C/C(O)C(COC1OC(CO)C(O)C(OS(=O)(=O)O)C1O)NC(=O)C(O)CCCC/C=C\CCCCCCCC. The van der Waals surface area contributed by atoms with E-state index in [0.29, 0.717) is 12.8 Å². The molecule has 8 atom stereocenters. The number of aliphatic hydroxyl groups excluding tert-OH is 5. The maximum atomic E-state index is 12.9. The Kier molecular flexibility index (Phi) is 25.5. The van der Waals surface area contributed by atoms with Gasteiger partial charge in [0.25, 0.3) is 0 Å². The number of ether oxygens (including phenoxy) is 2. The second kappa shape index (κ2) is 27.6. The van der Waals surface area contributed by atoms with Gasteiger partial charge in [0.2, 0.25) is 5.91 Å². The van der Waals surface area contributed by atoms with Gasteiger partial charge in [-0.2, -0.15) is 8.42 Å². The minimum Gasteiger partial charge on any atom is -0.394 e. The molecule has 1 saturated heterocycles. The van der Waals surface area contributed by atoms with Crippen molar-refractivity contribution in [2.75, 3.05) is 13.2 Å². The summed E-state index contributed by atoms with van der Waals surface area (Å²) in [6.07, 6.45) is 18.3. The van der Waals surface area contributed by atoms with Crippen LogP contribution in [0.25, 0.3) is 0 Å². The lowest BCUT2D eigenvalue weighted by molar-refractivity contribution is -0.298. The molecule has 290 valence electrons. The first-order valence-electron chi connectivity index (χ1n) is 18.1. The van der Waals surface area contributed by atoms with Crippen LogP contribution < -0.4 is 5.32 Å². The van der Waals surface area contributed by atoms with E-state index in [0.717, 1.165) is 38.5 Å². The third kappa shape index (κ3) is 20.8. The van der Waals surface area contributed by atoms with Crippen molar-refractivity contribution in [2.45, 2.75) is 159 Å². The maximum Gasteiger partial charge on any atom is 0.397 e. The number of carbonyl (C=O) groups is 1. The first-order chi connectivity index (χ1) is 23.9. The van der Waals surface area contributed by atoms with Crippen molar-refractivity contribution in [1.82, 2.24) is 5.32 Å². The molecular formula is C36H63NO12S. The van der Waals surface area contributed by atoms with E-state index in [-0.39, 0.29) is 6.42 Å². The quantitative estimate of drug-likeness (QED) is 0.0346. The van der Waals surface area contributed by atoms with Crippen LogP contribution in [0.5, 0.6) is 0 Å². The van der Waals surface area contributed by atoms with Gasteiger partial charge in [0.15, 0.2) is 6.29 Å². The molecule has 13 nitrogen and oxygen atoms in total. The van der Waals surface area contributed by atoms with Crippen molar-refractivity contribution in [1.29, 1.82) is 0 Å². The zero-order valence-electron chi connectivity index (χ0n) is 29.8. The average Bonchev–Trinajstić information content (AvgIpc) is 3.08. The van der Waals surface area contributed by atoms with Gasteiger partial charge in [-0.1, -0.05) is 94.1 Å². The van der Waals surface area contributed by atoms with Crippen LogP contribution in [0.1, 0.15) is 110 Å². The summed E-state index contributed by atoms with van der Waals surface area (Å²) >= 11 is 0. The summed E-state index contributed by atoms with van der Waals surface area (Å²) < 4.78 is 47.1. The molecular weight excluding hydrogens is 670 g/mol. The topological polar surface area (TPSA) is 212 Å². The largest absolute Gasteiger partial charge is 0.397 e. The lowest BCUT2D eigenvalue weighted by Crippen LogP contribution is -2.61. The summed E-state index contributed by atoms with van der Waals surface area (Å²) in [5.41, 5.74) is 0. The summed E-state index contributed by atoms with van der Waals surface area (Å²) in [6, 6.07) is -1.15. The molecule has 14 heteroatoms. The van der Waals surface area contributed by atoms with E-state index in [1.165, 1.54) is 44.6 Å². The normalized spacial score (nSPS) is 23.7. The first-order valence-corrected chi connectivity index (χ1v) is 19.5. The number of rotatable bonds is 28. The Morgan fingerprint density at radius 2 is 1.42 bits per heavy atom. The summed E-state index contributed by atoms with van der Waals surface area (Å²) in [5.74, 6) is -0.741. The summed E-state index contributed by atoms with van der Waals surface area (Å²) in [4.78, 5) is 12.9. The second-order valence-electron chi connectivity index (χ2n) is 12.6. The van der Waals surface area contributed by atoms with Crippen molar-refractivity contribution in [2.24, 2.45) is 0 Å². The summed E-state index contributed by atoms with van der Waals surface area (Å²) in [7, 11) is -5.12. The minimum atomic E-state index is -5.12. The minimum absolute atomic E-state index is 0.201. The predicted octanol–water partition coefficient (Wildman–Crippen LogP) is 3.95. The lowest BCUT2D eigenvalue weighted by Gasteiger charge is -2.41. The monoisotopic (exact) mass is 733 g/mol. The van der Waals surface area contributed by atoms with Crippen molar-refractivity contribution in [3.05, 3.63) is 48.6 Å². The standard InChI is InChI=1S/C36H63NO12S/c1-3-5-7-9-11-13-14-15-17-19-21-23-25-30(40)35(43)37-28(29(39)24-22-20-18-16-12-10-8-6-4-2)27-47-36-33(42)34(49-50(44,45)46)32(41)31(26-38)48-36/h4,6,12,15-17,22,24,28-34,36,38-42H,3,5,7-11,13-14,18-21,23,25-27H2,1-2H3,(H,37,43)(H,44,45,46)/b6-4+,16-12+,17-15-,24-22+. The van der Waals surface area contributed by atoms with Crippen molar-refractivity contribution in [3.8, 4) is 0 Å². The van der Waals surface area contributed by atoms with Gasteiger partial charge in [-0.15, -0.1) is 0 Å². The molecule has 1 aliphatic heterocycles. The fourth-order valence-corrected chi connectivity index (χ4v) is 5.82. The van der Waals surface area contributed by atoms with Gasteiger partial charge in [-0.3, -0.25) is 9.35 Å². The molecule has 1 fully saturated rings. The Balaban J connectivity index is 2.77. The predicted molar refractivity (Wildman–Crippen MR) is 191 cm³/mol. The smallest absolute Gasteiger partial charge is 0.394 e. The van der Waals surface area contributed by atoms with E-state index in [9.17, 15) is 38.7 Å². The number of carbonyl (C=O) groups excluding carboxylic acids is 1.